The highest BCUT2D eigenvalue weighted by Crippen LogP contribution is 2.12. The van der Waals surface area contributed by atoms with Crippen molar-refractivity contribution in [1.29, 1.82) is 0 Å². The number of benzene rings is 1. The van der Waals surface area contributed by atoms with Crippen LogP contribution >= 0.6 is 0 Å². The van der Waals surface area contributed by atoms with Gasteiger partial charge in [-0.05, 0) is 25.8 Å². The Hall–Kier alpha value is -1.64. The van der Waals surface area contributed by atoms with E-state index in [2.05, 4.69) is 0 Å². The molecule has 1 atom stereocenters. The number of nitrogens with two attached hydrogens (primary N) is 1. The molecule has 1 aromatic rings. The summed E-state index contributed by atoms with van der Waals surface area (Å²) >= 11 is 0. The lowest BCUT2D eigenvalue weighted by Crippen LogP contribution is -2.18. The van der Waals surface area contributed by atoms with Gasteiger partial charge in [0.2, 0.25) is 5.91 Å². The molecule has 1 aromatic carbocycles. The van der Waals surface area contributed by atoms with Gasteiger partial charge in [0.05, 0.1) is 5.92 Å². The molecular weight excluding hydrogens is 214 g/mol. The second-order valence-electron chi connectivity index (χ2n) is 3.99. The quantitative estimate of drug-likeness (QED) is 0.872. The van der Waals surface area contributed by atoms with Crippen molar-refractivity contribution in [3.63, 3.8) is 0 Å². The first-order chi connectivity index (χ1) is 7.99. The molecule has 0 radical (unpaired) electrons. The number of hydrogen-bond donors (Lipinski definition) is 1. The lowest BCUT2D eigenvalue weighted by Gasteiger charge is -2.05. The van der Waals surface area contributed by atoms with Crippen molar-refractivity contribution in [2.24, 2.45) is 5.73 Å². The normalized spacial score (nSPS) is 11.0. The van der Waals surface area contributed by atoms with Gasteiger partial charge in [-0.25, -0.2) is 0 Å². The molecular formula is C14H21NO2. The van der Waals surface area contributed by atoms with Crippen LogP contribution in [0.3, 0.4) is 0 Å². The predicted molar refractivity (Wildman–Crippen MR) is 69.6 cm³/mol. The summed E-state index contributed by atoms with van der Waals surface area (Å²) in [4.78, 5) is 20.8. The van der Waals surface area contributed by atoms with E-state index in [1.54, 1.807) is 13.8 Å². The summed E-state index contributed by atoms with van der Waals surface area (Å²) in [5.74, 6) is -0.176. The van der Waals surface area contributed by atoms with Crippen LogP contribution in [0.15, 0.2) is 30.3 Å². The van der Waals surface area contributed by atoms with E-state index in [0.717, 1.165) is 18.4 Å². The number of rotatable bonds is 4. The zero-order valence-corrected chi connectivity index (χ0v) is 10.8. The molecule has 0 bridgehead atoms. The fraction of sp³-hybridized carbons (Fsp3) is 0.429. The van der Waals surface area contributed by atoms with Crippen LogP contribution in [-0.2, 0) is 9.59 Å². The third kappa shape index (κ3) is 7.28. The largest absolute Gasteiger partial charge is 0.369 e. The molecule has 0 aliphatic rings. The third-order valence-electron chi connectivity index (χ3n) is 2.33. The van der Waals surface area contributed by atoms with Gasteiger partial charge >= 0.3 is 0 Å². The average Bonchev–Trinajstić information content (AvgIpc) is 2.29. The predicted octanol–water partition coefficient (Wildman–Crippen LogP) is 2.65. The number of primary amides is 1. The number of carbonyl (C=O) groups excluding carboxylic acids is 2. The van der Waals surface area contributed by atoms with Crippen LogP contribution in [-0.4, -0.2) is 11.7 Å². The van der Waals surface area contributed by atoms with E-state index in [0.29, 0.717) is 0 Å². The highest BCUT2D eigenvalue weighted by atomic mass is 16.1. The van der Waals surface area contributed by atoms with Gasteiger partial charge in [0.15, 0.2) is 0 Å². The van der Waals surface area contributed by atoms with Crippen molar-refractivity contribution < 1.29 is 9.59 Å². The molecule has 3 heteroatoms. The lowest BCUT2D eigenvalue weighted by molar-refractivity contribution is -0.119. The van der Waals surface area contributed by atoms with Gasteiger partial charge in [-0.2, -0.15) is 0 Å². The van der Waals surface area contributed by atoms with Crippen LogP contribution in [0.2, 0.25) is 0 Å². The van der Waals surface area contributed by atoms with Gasteiger partial charge in [-0.1, -0.05) is 37.3 Å². The Kier molecular flexibility index (Phi) is 7.68. The Morgan fingerprint density at radius 1 is 1.24 bits per heavy atom. The molecule has 0 aliphatic carbocycles. The summed E-state index contributed by atoms with van der Waals surface area (Å²) in [6.45, 7) is 5.42. The van der Waals surface area contributed by atoms with Gasteiger partial charge in [0.1, 0.15) is 5.78 Å². The minimum atomic E-state index is -0.281. The van der Waals surface area contributed by atoms with Crippen molar-refractivity contribution >= 4 is 11.7 Å². The molecule has 1 amide bonds. The van der Waals surface area contributed by atoms with Crippen LogP contribution in [0.1, 0.15) is 45.1 Å². The first-order valence-corrected chi connectivity index (χ1v) is 5.82. The summed E-state index contributed by atoms with van der Waals surface area (Å²) in [6, 6.07) is 9.51. The fourth-order valence-electron chi connectivity index (χ4n) is 1.26. The Bertz CT molecular complexity index is 346. The highest BCUT2D eigenvalue weighted by Gasteiger charge is 2.09. The van der Waals surface area contributed by atoms with E-state index in [9.17, 15) is 9.59 Å². The second kappa shape index (κ2) is 8.50. The Morgan fingerprint density at radius 3 is 2.06 bits per heavy atom. The Balaban J connectivity index is 0.000000366. The minimum Gasteiger partial charge on any atom is -0.369 e. The third-order valence-corrected chi connectivity index (χ3v) is 2.33. The van der Waals surface area contributed by atoms with Crippen molar-refractivity contribution in [1.82, 2.24) is 0 Å². The first kappa shape index (κ1) is 15.4. The molecule has 1 rings (SSSR count). The van der Waals surface area contributed by atoms with Crippen molar-refractivity contribution in [2.75, 3.05) is 0 Å². The maximum atomic E-state index is 10.7. The number of amides is 1. The molecule has 2 N–H and O–H groups in total. The van der Waals surface area contributed by atoms with Gasteiger partial charge in [0.25, 0.3) is 0 Å². The monoisotopic (exact) mass is 235 g/mol. The van der Waals surface area contributed by atoms with Crippen LogP contribution in [0.5, 0.6) is 0 Å². The van der Waals surface area contributed by atoms with E-state index >= 15 is 0 Å². The van der Waals surface area contributed by atoms with E-state index < -0.39 is 0 Å². The summed E-state index contributed by atoms with van der Waals surface area (Å²) in [6.07, 6.45) is 1.72. The molecule has 0 fully saturated rings. The minimum absolute atomic E-state index is 0.184. The molecule has 94 valence electrons. The maximum Gasteiger partial charge on any atom is 0.224 e. The van der Waals surface area contributed by atoms with Crippen molar-refractivity contribution in [3.8, 4) is 0 Å². The van der Waals surface area contributed by atoms with E-state index in [4.69, 9.17) is 5.73 Å². The molecule has 1 unspecified atom stereocenters. The maximum absolute atomic E-state index is 10.7. The van der Waals surface area contributed by atoms with Crippen LogP contribution < -0.4 is 5.73 Å². The molecule has 17 heavy (non-hydrogen) atoms. The summed E-state index contributed by atoms with van der Waals surface area (Å²) in [5, 5.41) is 0. The van der Waals surface area contributed by atoms with Crippen LogP contribution in [0.25, 0.3) is 0 Å². The standard InChI is InChI=1S/C9H11NO.C5H10O/c1-7(9(10)11)8-5-3-2-4-6-8;1-3-4-5(2)6/h2-7H,1H3,(H2,10,11);3-4H2,1-2H3. The van der Waals surface area contributed by atoms with Crippen LogP contribution in [0, 0.1) is 0 Å². The fourth-order valence-corrected chi connectivity index (χ4v) is 1.26. The van der Waals surface area contributed by atoms with E-state index in [1.165, 1.54) is 0 Å². The van der Waals surface area contributed by atoms with Crippen molar-refractivity contribution in [2.45, 2.75) is 39.5 Å². The summed E-state index contributed by atoms with van der Waals surface area (Å²) in [7, 11) is 0. The number of carbonyl (C=O) groups is 2. The van der Waals surface area contributed by atoms with Gasteiger partial charge < -0.3 is 10.5 Å². The zero-order chi connectivity index (χ0) is 13.3. The molecule has 0 aromatic heterocycles. The number of Topliss-reactive ketones (excluding diaryl/α,β-unsaturated/α-hetero) is 1. The second-order valence-corrected chi connectivity index (χ2v) is 3.99. The summed E-state index contributed by atoms with van der Waals surface area (Å²) in [5.41, 5.74) is 6.10. The first-order valence-electron chi connectivity index (χ1n) is 5.82. The highest BCUT2D eigenvalue weighted by molar-refractivity contribution is 5.81. The van der Waals surface area contributed by atoms with Crippen molar-refractivity contribution in [3.05, 3.63) is 35.9 Å². The zero-order valence-electron chi connectivity index (χ0n) is 10.8. The Morgan fingerprint density at radius 2 is 1.76 bits per heavy atom. The van der Waals surface area contributed by atoms with E-state index in [1.807, 2.05) is 37.3 Å². The Labute approximate surface area is 103 Å². The summed E-state index contributed by atoms with van der Waals surface area (Å²) < 4.78 is 0. The molecule has 0 saturated heterocycles. The van der Waals surface area contributed by atoms with Gasteiger partial charge in [-0.3, -0.25) is 4.79 Å². The smallest absolute Gasteiger partial charge is 0.224 e. The molecule has 0 saturated carbocycles. The molecule has 0 heterocycles. The van der Waals surface area contributed by atoms with Gasteiger partial charge in [-0.15, -0.1) is 0 Å². The SMILES string of the molecule is CC(C(N)=O)c1ccccc1.CCCC(C)=O. The molecule has 3 nitrogen and oxygen atoms in total. The molecule has 0 spiro atoms. The number of ketones is 1. The lowest BCUT2D eigenvalue weighted by atomic mass is 10.0. The van der Waals surface area contributed by atoms with Crippen LogP contribution in [0.4, 0.5) is 0 Å². The van der Waals surface area contributed by atoms with E-state index in [-0.39, 0.29) is 17.6 Å². The number of hydrogen-bond acceptors (Lipinski definition) is 2. The average molecular weight is 235 g/mol. The van der Waals surface area contributed by atoms with Gasteiger partial charge in [0, 0.05) is 6.42 Å². The topological polar surface area (TPSA) is 60.2 Å². The molecule has 0 aliphatic heterocycles.